The maximum absolute atomic E-state index is 11.9. The summed E-state index contributed by atoms with van der Waals surface area (Å²) in [5.74, 6) is 1.91. The van der Waals surface area contributed by atoms with Crippen molar-refractivity contribution in [3.63, 3.8) is 0 Å². The first-order valence-corrected chi connectivity index (χ1v) is 8.99. The van der Waals surface area contributed by atoms with Crippen LogP contribution in [-0.2, 0) is 11.3 Å². The molecule has 2 aromatic rings. The van der Waals surface area contributed by atoms with Crippen LogP contribution in [0.1, 0.15) is 56.8 Å². The molecular formula is C17H24N6O2. The van der Waals surface area contributed by atoms with Crippen LogP contribution < -0.4 is 4.90 Å². The number of aromatic nitrogens is 4. The topological polar surface area (TPSA) is 80.3 Å². The number of rotatable bonds is 5. The molecule has 2 fully saturated rings. The molecule has 0 saturated carbocycles. The molecule has 0 aliphatic carbocycles. The molecule has 8 nitrogen and oxygen atoms in total. The number of hydrogen-bond acceptors (Lipinski definition) is 6. The Labute approximate surface area is 146 Å². The Morgan fingerprint density at radius 3 is 2.96 bits per heavy atom. The van der Waals surface area contributed by atoms with Crippen molar-refractivity contribution in [1.29, 1.82) is 0 Å². The Kier molecular flexibility index (Phi) is 4.29. The highest BCUT2D eigenvalue weighted by Gasteiger charge is 2.28. The second-order valence-corrected chi connectivity index (χ2v) is 7.21. The number of carbonyl (C=O) groups is 1. The number of carbonyl (C=O) groups excluding carboxylic acids is 1. The number of anilines is 1. The van der Waals surface area contributed by atoms with Crippen molar-refractivity contribution in [2.45, 2.75) is 51.6 Å². The molecule has 134 valence electrons. The Bertz CT molecular complexity index is 752. The summed E-state index contributed by atoms with van der Waals surface area (Å²) in [6, 6.07) is 0.318. The van der Waals surface area contributed by atoms with Gasteiger partial charge in [-0.25, -0.2) is 0 Å². The van der Waals surface area contributed by atoms with E-state index in [2.05, 4.69) is 34.0 Å². The summed E-state index contributed by atoms with van der Waals surface area (Å²) in [7, 11) is 0. The van der Waals surface area contributed by atoms with Gasteiger partial charge in [0.15, 0.2) is 5.82 Å². The highest BCUT2D eigenvalue weighted by Crippen LogP contribution is 2.26. The molecule has 2 aromatic heterocycles. The van der Waals surface area contributed by atoms with Gasteiger partial charge in [0, 0.05) is 38.2 Å². The quantitative estimate of drug-likeness (QED) is 0.825. The van der Waals surface area contributed by atoms with Crippen LogP contribution in [0.5, 0.6) is 0 Å². The van der Waals surface area contributed by atoms with Gasteiger partial charge in [-0.2, -0.15) is 10.1 Å². The van der Waals surface area contributed by atoms with E-state index >= 15 is 0 Å². The standard InChI is InChI=1S/C17H24N6O2/c1-12(2)17-19-15(25-20-17)11-21-7-5-13(9-21)23-10-14(8-18-23)22-6-3-4-16(22)24/h8,10,12-13H,3-7,9,11H2,1-2H3. The van der Waals surface area contributed by atoms with E-state index in [0.717, 1.165) is 44.0 Å². The van der Waals surface area contributed by atoms with Crippen molar-refractivity contribution in [3.8, 4) is 0 Å². The summed E-state index contributed by atoms with van der Waals surface area (Å²) in [5.41, 5.74) is 0.916. The number of amides is 1. The van der Waals surface area contributed by atoms with Gasteiger partial charge in [-0.1, -0.05) is 19.0 Å². The largest absolute Gasteiger partial charge is 0.338 e. The number of nitrogens with zero attached hydrogens (tertiary/aromatic N) is 6. The van der Waals surface area contributed by atoms with E-state index in [1.54, 1.807) is 6.20 Å². The zero-order valence-electron chi connectivity index (χ0n) is 14.8. The van der Waals surface area contributed by atoms with Gasteiger partial charge in [-0.15, -0.1) is 0 Å². The zero-order valence-corrected chi connectivity index (χ0v) is 14.8. The summed E-state index contributed by atoms with van der Waals surface area (Å²) in [5, 5.41) is 8.51. The lowest BCUT2D eigenvalue weighted by Crippen LogP contribution is -2.23. The van der Waals surface area contributed by atoms with E-state index in [4.69, 9.17) is 4.52 Å². The van der Waals surface area contributed by atoms with Gasteiger partial charge in [0.05, 0.1) is 24.5 Å². The fourth-order valence-electron chi connectivity index (χ4n) is 3.52. The summed E-state index contributed by atoms with van der Waals surface area (Å²) in [6.07, 6.45) is 6.41. The molecule has 1 atom stereocenters. The lowest BCUT2D eigenvalue weighted by Gasteiger charge is -2.14. The third-order valence-electron chi connectivity index (χ3n) is 4.95. The highest BCUT2D eigenvalue weighted by molar-refractivity contribution is 5.95. The van der Waals surface area contributed by atoms with Gasteiger partial charge in [-0.3, -0.25) is 14.4 Å². The predicted molar refractivity (Wildman–Crippen MR) is 91.1 cm³/mol. The second kappa shape index (κ2) is 6.59. The van der Waals surface area contributed by atoms with Gasteiger partial charge in [0.2, 0.25) is 11.8 Å². The monoisotopic (exact) mass is 344 g/mol. The lowest BCUT2D eigenvalue weighted by atomic mass is 10.2. The first kappa shape index (κ1) is 16.3. The van der Waals surface area contributed by atoms with Crippen LogP contribution in [0.2, 0.25) is 0 Å². The van der Waals surface area contributed by atoms with E-state index in [1.165, 1.54) is 0 Å². The van der Waals surface area contributed by atoms with E-state index in [1.807, 2.05) is 15.8 Å². The van der Waals surface area contributed by atoms with Crippen LogP contribution in [0.4, 0.5) is 5.69 Å². The summed E-state index contributed by atoms with van der Waals surface area (Å²) in [6.45, 7) is 7.46. The first-order valence-electron chi connectivity index (χ1n) is 8.99. The normalized spacial score (nSPS) is 21.8. The molecule has 0 bridgehead atoms. The third-order valence-corrected chi connectivity index (χ3v) is 4.95. The van der Waals surface area contributed by atoms with Crippen molar-refractivity contribution in [2.75, 3.05) is 24.5 Å². The molecule has 0 radical (unpaired) electrons. The van der Waals surface area contributed by atoms with Gasteiger partial charge in [0.1, 0.15) is 0 Å². The molecule has 8 heteroatoms. The van der Waals surface area contributed by atoms with Gasteiger partial charge in [0.25, 0.3) is 0 Å². The summed E-state index contributed by atoms with van der Waals surface area (Å²) in [4.78, 5) is 20.5. The van der Waals surface area contributed by atoms with Crippen LogP contribution in [0.15, 0.2) is 16.9 Å². The van der Waals surface area contributed by atoms with E-state index < -0.39 is 0 Å². The first-order chi connectivity index (χ1) is 12.1. The molecule has 2 aliphatic heterocycles. The Morgan fingerprint density at radius 1 is 1.36 bits per heavy atom. The molecule has 1 unspecified atom stereocenters. The Hall–Kier alpha value is -2.22. The van der Waals surface area contributed by atoms with Crippen molar-refractivity contribution in [3.05, 3.63) is 24.1 Å². The van der Waals surface area contributed by atoms with Gasteiger partial charge >= 0.3 is 0 Å². The van der Waals surface area contributed by atoms with Crippen LogP contribution in [0.25, 0.3) is 0 Å². The fraction of sp³-hybridized carbons (Fsp3) is 0.647. The molecule has 2 aliphatic rings. The predicted octanol–water partition coefficient (Wildman–Crippen LogP) is 1.96. The van der Waals surface area contributed by atoms with E-state index in [9.17, 15) is 4.79 Å². The molecule has 25 heavy (non-hydrogen) atoms. The molecule has 4 rings (SSSR count). The average molecular weight is 344 g/mol. The maximum Gasteiger partial charge on any atom is 0.240 e. The number of hydrogen-bond donors (Lipinski definition) is 0. The van der Waals surface area contributed by atoms with E-state index in [-0.39, 0.29) is 11.8 Å². The van der Waals surface area contributed by atoms with Crippen LogP contribution in [0.3, 0.4) is 0 Å². The third kappa shape index (κ3) is 3.30. The van der Waals surface area contributed by atoms with E-state index in [0.29, 0.717) is 24.9 Å². The smallest absolute Gasteiger partial charge is 0.240 e. The van der Waals surface area contributed by atoms with Crippen LogP contribution >= 0.6 is 0 Å². The second-order valence-electron chi connectivity index (χ2n) is 7.21. The molecule has 2 saturated heterocycles. The fourth-order valence-corrected chi connectivity index (χ4v) is 3.52. The van der Waals surface area contributed by atoms with Crippen molar-refractivity contribution >= 4 is 11.6 Å². The summed E-state index contributed by atoms with van der Waals surface area (Å²) >= 11 is 0. The molecule has 1 amide bonds. The average Bonchev–Trinajstić information content (AvgIpc) is 3.33. The highest BCUT2D eigenvalue weighted by atomic mass is 16.5. The van der Waals surface area contributed by atoms with Gasteiger partial charge in [-0.05, 0) is 12.8 Å². The van der Waals surface area contributed by atoms with Crippen molar-refractivity contribution in [1.82, 2.24) is 24.8 Å². The molecule has 4 heterocycles. The molecule has 0 N–H and O–H groups in total. The van der Waals surface area contributed by atoms with Crippen molar-refractivity contribution in [2.24, 2.45) is 0 Å². The summed E-state index contributed by atoms with van der Waals surface area (Å²) < 4.78 is 7.34. The minimum atomic E-state index is 0.199. The number of likely N-dealkylation sites (tertiary alicyclic amines) is 1. The van der Waals surface area contributed by atoms with Gasteiger partial charge < -0.3 is 9.42 Å². The minimum absolute atomic E-state index is 0.199. The van der Waals surface area contributed by atoms with Crippen LogP contribution in [0, 0.1) is 0 Å². The lowest BCUT2D eigenvalue weighted by molar-refractivity contribution is -0.117. The maximum atomic E-state index is 11.9. The minimum Gasteiger partial charge on any atom is -0.338 e. The Morgan fingerprint density at radius 2 is 2.24 bits per heavy atom. The van der Waals surface area contributed by atoms with Crippen LogP contribution in [-0.4, -0.2) is 50.4 Å². The SMILES string of the molecule is CC(C)c1noc(CN2CCC(n3cc(N4CCCC4=O)cn3)C2)n1. The molecule has 0 spiro atoms. The van der Waals surface area contributed by atoms with Crippen molar-refractivity contribution < 1.29 is 9.32 Å². The zero-order chi connectivity index (χ0) is 17.4. The molecule has 0 aromatic carbocycles. The molecular weight excluding hydrogens is 320 g/mol. The Balaban J connectivity index is 1.37.